The van der Waals surface area contributed by atoms with E-state index in [0.717, 1.165) is 5.56 Å². The topological polar surface area (TPSA) is 114 Å². The van der Waals surface area contributed by atoms with E-state index < -0.39 is 12.1 Å². The van der Waals surface area contributed by atoms with Crippen molar-refractivity contribution in [3.05, 3.63) is 53.6 Å². The molecular weight excluding hydrogens is 424 g/mol. The number of aryl methyl sites for hydroxylation is 1. The molecule has 3 N–H and O–H groups in total. The molecule has 1 aliphatic heterocycles. The van der Waals surface area contributed by atoms with E-state index in [-0.39, 0.29) is 18.2 Å². The summed E-state index contributed by atoms with van der Waals surface area (Å²) in [4.78, 5) is 36.6. The highest BCUT2D eigenvalue weighted by molar-refractivity contribution is 6.07. The second-order valence-corrected chi connectivity index (χ2v) is 8.01. The number of carbonyl (C=O) groups is 3. The molecule has 0 radical (unpaired) electrons. The van der Waals surface area contributed by atoms with Gasteiger partial charge in [0, 0.05) is 18.6 Å². The zero-order valence-electron chi connectivity index (χ0n) is 18.8. The zero-order chi connectivity index (χ0) is 23.6. The van der Waals surface area contributed by atoms with Crippen LogP contribution in [0.5, 0.6) is 5.75 Å². The number of nitrogens with one attached hydrogen (secondary N) is 2. The summed E-state index contributed by atoms with van der Waals surface area (Å²) in [5.41, 5.74) is 2.39. The summed E-state index contributed by atoms with van der Waals surface area (Å²) >= 11 is 0. The summed E-state index contributed by atoms with van der Waals surface area (Å²) in [5.74, 6) is -0.792. The minimum Gasteiger partial charge on any atom is -0.497 e. The van der Waals surface area contributed by atoms with Gasteiger partial charge in [0.15, 0.2) is 0 Å². The maximum atomic E-state index is 13.0. The van der Waals surface area contributed by atoms with Crippen molar-refractivity contribution < 1.29 is 29.0 Å². The summed E-state index contributed by atoms with van der Waals surface area (Å²) < 4.78 is 11.3. The molecule has 1 atom stereocenters. The van der Waals surface area contributed by atoms with Gasteiger partial charge in [-0.2, -0.15) is 0 Å². The molecule has 0 spiro atoms. The van der Waals surface area contributed by atoms with E-state index in [9.17, 15) is 14.4 Å². The lowest BCUT2D eigenvalue weighted by molar-refractivity contribution is -0.137. The van der Waals surface area contributed by atoms with Gasteiger partial charge in [0.05, 0.1) is 18.5 Å². The Morgan fingerprint density at radius 3 is 2.58 bits per heavy atom. The van der Waals surface area contributed by atoms with Crippen molar-refractivity contribution in [3.8, 4) is 5.75 Å². The minimum absolute atomic E-state index is 0.118. The predicted molar refractivity (Wildman–Crippen MR) is 125 cm³/mol. The zero-order valence-corrected chi connectivity index (χ0v) is 18.8. The van der Waals surface area contributed by atoms with E-state index in [4.69, 9.17) is 14.6 Å². The van der Waals surface area contributed by atoms with Gasteiger partial charge in [0.1, 0.15) is 11.9 Å². The lowest BCUT2D eigenvalue weighted by atomic mass is 10.0. The molecule has 8 nitrogen and oxygen atoms in total. The molecule has 8 heteroatoms. The van der Waals surface area contributed by atoms with Gasteiger partial charge in [0.25, 0.3) is 11.8 Å². The number of hydrogen-bond acceptors (Lipinski definition) is 5. The number of unbranched alkanes of at least 4 members (excludes halogenated alkanes) is 2. The van der Waals surface area contributed by atoms with Crippen molar-refractivity contribution in [2.24, 2.45) is 0 Å². The molecule has 2 aromatic rings. The molecule has 2 amide bonds. The molecule has 0 fully saturated rings. The molecule has 176 valence electrons. The fourth-order valence-corrected chi connectivity index (χ4v) is 3.74. The highest BCUT2D eigenvalue weighted by atomic mass is 16.5. The fraction of sp³-hybridized carbons (Fsp3) is 0.400. The average Bonchev–Trinajstić information content (AvgIpc) is 2.80. The third kappa shape index (κ3) is 7.32. The number of aliphatic carboxylic acids is 1. The van der Waals surface area contributed by atoms with Crippen molar-refractivity contribution in [2.45, 2.75) is 51.0 Å². The van der Waals surface area contributed by atoms with Crippen molar-refractivity contribution in [1.82, 2.24) is 0 Å². The van der Waals surface area contributed by atoms with Gasteiger partial charge >= 0.3 is 5.97 Å². The first-order valence-electron chi connectivity index (χ1n) is 11.2. The Morgan fingerprint density at radius 1 is 1.09 bits per heavy atom. The van der Waals surface area contributed by atoms with Gasteiger partial charge in [-0.1, -0.05) is 25.0 Å². The summed E-state index contributed by atoms with van der Waals surface area (Å²) in [7, 11) is 1.56. The molecular formula is C25H30N2O6. The Balaban J connectivity index is 1.80. The highest BCUT2D eigenvalue weighted by Gasteiger charge is 2.21. The van der Waals surface area contributed by atoms with Crippen LogP contribution in [-0.4, -0.2) is 42.7 Å². The number of ether oxygens (including phenoxy) is 2. The summed E-state index contributed by atoms with van der Waals surface area (Å²) in [5, 5.41) is 14.5. The summed E-state index contributed by atoms with van der Waals surface area (Å²) in [6.45, 7) is 0.383. The molecule has 2 aromatic carbocycles. The number of rotatable bonds is 7. The number of hydrogen-bond donors (Lipinski definition) is 3. The number of methoxy groups -OCH3 is 1. The van der Waals surface area contributed by atoms with E-state index in [1.165, 1.54) is 0 Å². The highest BCUT2D eigenvalue weighted by Crippen LogP contribution is 2.25. The van der Waals surface area contributed by atoms with Gasteiger partial charge in [-0.25, -0.2) is 0 Å². The monoisotopic (exact) mass is 454 g/mol. The molecule has 3 rings (SSSR count). The van der Waals surface area contributed by atoms with Crippen LogP contribution in [0.15, 0.2) is 42.5 Å². The lowest BCUT2D eigenvalue weighted by Crippen LogP contribution is -2.31. The van der Waals surface area contributed by atoms with Gasteiger partial charge in [-0.15, -0.1) is 0 Å². The van der Waals surface area contributed by atoms with Crippen molar-refractivity contribution in [3.63, 3.8) is 0 Å². The van der Waals surface area contributed by atoms with Crippen LogP contribution in [0, 0.1) is 0 Å². The molecule has 0 aliphatic carbocycles. The standard InChI is InChI=1S/C25H30N2O6/c1-32-19-15-17-8-7-13-33-22(11-3-2-4-12-23(28)29)25(31)27-21-10-6-5-9-20(21)26-24(30)18(14-17)16-19/h5-6,9-10,14-16,22H,2-4,7-8,11-13H2,1H3,(H,26,30)(H,27,31)(H,28,29)/t22-/m0/s1. The molecule has 0 saturated heterocycles. The van der Waals surface area contributed by atoms with Gasteiger partial charge < -0.3 is 25.2 Å². The first-order chi connectivity index (χ1) is 16.0. The molecule has 33 heavy (non-hydrogen) atoms. The Kier molecular flexibility index (Phi) is 8.83. The van der Waals surface area contributed by atoms with Crippen molar-refractivity contribution in [1.29, 1.82) is 0 Å². The first kappa shape index (κ1) is 24.3. The number of benzene rings is 2. The van der Waals surface area contributed by atoms with Gasteiger partial charge in [0.2, 0.25) is 0 Å². The van der Waals surface area contributed by atoms with Gasteiger partial charge in [-0.3, -0.25) is 14.4 Å². The minimum atomic E-state index is -0.818. The van der Waals surface area contributed by atoms with Crippen LogP contribution in [0.1, 0.15) is 54.4 Å². The Labute approximate surface area is 193 Å². The molecule has 1 aliphatic rings. The quantitative estimate of drug-likeness (QED) is 0.539. The van der Waals surface area contributed by atoms with Crippen molar-refractivity contribution in [2.75, 3.05) is 24.4 Å². The molecule has 2 bridgehead atoms. The molecule has 0 saturated carbocycles. The number of anilines is 2. The fourth-order valence-electron chi connectivity index (χ4n) is 3.74. The Bertz CT molecular complexity index is 991. The lowest BCUT2D eigenvalue weighted by Gasteiger charge is -2.20. The van der Waals surface area contributed by atoms with E-state index in [1.807, 2.05) is 12.1 Å². The Hall–Kier alpha value is -3.39. The number of amides is 2. The smallest absolute Gasteiger partial charge is 0.303 e. The third-order valence-corrected chi connectivity index (χ3v) is 5.48. The largest absolute Gasteiger partial charge is 0.497 e. The van der Waals surface area contributed by atoms with Gasteiger partial charge in [-0.05, 0) is 61.6 Å². The van der Waals surface area contributed by atoms with Crippen LogP contribution >= 0.6 is 0 Å². The van der Waals surface area contributed by atoms with Crippen LogP contribution in [0.25, 0.3) is 0 Å². The summed E-state index contributed by atoms with van der Waals surface area (Å²) in [6.07, 6.45) is 3.24. The van der Waals surface area contributed by atoms with Crippen molar-refractivity contribution >= 4 is 29.2 Å². The molecule has 0 aromatic heterocycles. The van der Waals surface area contributed by atoms with Crippen LogP contribution in [-0.2, 0) is 20.7 Å². The normalized spacial score (nSPS) is 16.7. The second-order valence-electron chi connectivity index (χ2n) is 8.01. The van der Waals surface area contributed by atoms with E-state index in [1.54, 1.807) is 37.4 Å². The molecule has 0 unspecified atom stereocenters. The van der Waals surface area contributed by atoms with Crippen LogP contribution in [0.3, 0.4) is 0 Å². The third-order valence-electron chi connectivity index (χ3n) is 5.48. The first-order valence-corrected chi connectivity index (χ1v) is 11.2. The van der Waals surface area contributed by atoms with Crippen LogP contribution in [0.4, 0.5) is 11.4 Å². The average molecular weight is 455 g/mol. The van der Waals surface area contributed by atoms with Crippen LogP contribution < -0.4 is 15.4 Å². The maximum absolute atomic E-state index is 13.0. The predicted octanol–water partition coefficient (Wildman–Crippen LogP) is 4.25. The second kappa shape index (κ2) is 12.0. The number of carbonyl (C=O) groups excluding carboxylic acids is 2. The Morgan fingerprint density at radius 2 is 1.85 bits per heavy atom. The maximum Gasteiger partial charge on any atom is 0.303 e. The molecule has 1 heterocycles. The summed E-state index contributed by atoms with van der Waals surface area (Å²) in [6, 6.07) is 12.4. The van der Waals surface area contributed by atoms with E-state index in [2.05, 4.69) is 10.6 Å². The number of para-hydroxylation sites is 2. The van der Waals surface area contributed by atoms with E-state index in [0.29, 0.717) is 67.8 Å². The number of carboxylic acid groups (broad SMARTS) is 1. The number of carboxylic acids is 1. The van der Waals surface area contributed by atoms with Crippen LogP contribution in [0.2, 0.25) is 0 Å². The SMILES string of the molecule is COc1cc2cc(c1)C(=O)Nc1ccccc1NC(=O)[C@H](CCCCCC(=O)O)OCCC2. The van der Waals surface area contributed by atoms with E-state index >= 15 is 0 Å². The number of fused-ring (bicyclic) bond motifs is 3.